The summed E-state index contributed by atoms with van der Waals surface area (Å²) >= 11 is 0. The van der Waals surface area contributed by atoms with E-state index in [4.69, 9.17) is 18.9 Å². The fourth-order valence-corrected chi connectivity index (χ4v) is 3.54. The van der Waals surface area contributed by atoms with Crippen molar-refractivity contribution in [3.63, 3.8) is 0 Å². The van der Waals surface area contributed by atoms with Crippen molar-refractivity contribution in [2.45, 2.75) is 39.9 Å². The van der Waals surface area contributed by atoms with Gasteiger partial charge in [0, 0.05) is 23.9 Å². The first kappa shape index (κ1) is 25.1. The lowest BCUT2D eigenvalue weighted by Gasteiger charge is -2.16. The molecule has 1 aliphatic heterocycles. The van der Waals surface area contributed by atoms with Crippen molar-refractivity contribution in [1.29, 1.82) is 0 Å². The molecule has 182 valence electrons. The molecular weight excluding hydrogens is 436 g/mol. The molecule has 2 amide bonds. The molecule has 8 heteroatoms. The molecule has 3 rings (SSSR count). The van der Waals surface area contributed by atoms with Crippen LogP contribution in [0.5, 0.6) is 17.2 Å². The number of carbonyl (C=O) groups excluding carboxylic acids is 2. The van der Waals surface area contributed by atoms with Gasteiger partial charge < -0.3 is 24.3 Å². The summed E-state index contributed by atoms with van der Waals surface area (Å²) in [5, 5.41) is 3.13. The number of nitrogens with one attached hydrogen (secondary N) is 1. The summed E-state index contributed by atoms with van der Waals surface area (Å²) in [4.78, 5) is 27.9. The summed E-state index contributed by atoms with van der Waals surface area (Å²) in [5.74, 6) is 0.991. The number of hydrogen-bond acceptors (Lipinski definition) is 7. The van der Waals surface area contributed by atoms with Crippen molar-refractivity contribution in [3.05, 3.63) is 53.7 Å². The molecule has 0 aromatic heterocycles. The second-order valence-electron chi connectivity index (χ2n) is 8.35. The van der Waals surface area contributed by atoms with Gasteiger partial charge >= 0.3 is 0 Å². The van der Waals surface area contributed by atoms with Crippen LogP contribution in [-0.2, 0) is 14.3 Å². The standard InChI is InChI=1S/C26H32N2O6/c1-16(2)33-12-11-28-25(29)23(18-7-9-20(10-8-18)34-17(3)4)24(26(28)30)27-19-13-21(31-5)15-22(14-19)32-6/h7-10,13-17,27H,11-12H2,1-6H3. The molecule has 0 unspecified atom stereocenters. The Morgan fingerprint density at radius 1 is 0.824 bits per heavy atom. The number of carbonyl (C=O) groups is 2. The smallest absolute Gasteiger partial charge is 0.278 e. The third-order valence-electron chi connectivity index (χ3n) is 5.07. The highest BCUT2D eigenvalue weighted by Crippen LogP contribution is 2.33. The monoisotopic (exact) mass is 468 g/mol. The topological polar surface area (TPSA) is 86.3 Å². The van der Waals surface area contributed by atoms with Crippen LogP contribution in [0.15, 0.2) is 48.2 Å². The number of benzene rings is 2. The molecule has 0 atom stereocenters. The Labute approximate surface area is 200 Å². The van der Waals surface area contributed by atoms with Crippen LogP contribution < -0.4 is 19.5 Å². The minimum Gasteiger partial charge on any atom is -0.497 e. The first-order valence-corrected chi connectivity index (χ1v) is 11.2. The van der Waals surface area contributed by atoms with Gasteiger partial charge in [0.2, 0.25) is 0 Å². The molecule has 0 saturated carbocycles. The minimum absolute atomic E-state index is 0.00409. The van der Waals surface area contributed by atoms with E-state index in [2.05, 4.69) is 5.32 Å². The highest BCUT2D eigenvalue weighted by atomic mass is 16.5. The molecule has 0 fully saturated rings. The van der Waals surface area contributed by atoms with E-state index in [1.807, 2.05) is 27.7 Å². The van der Waals surface area contributed by atoms with Crippen LogP contribution in [-0.4, -0.2) is 56.3 Å². The number of nitrogens with zero attached hydrogens (tertiary/aromatic N) is 1. The van der Waals surface area contributed by atoms with E-state index >= 15 is 0 Å². The lowest BCUT2D eigenvalue weighted by Crippen LogP contribution is -2.35. The molecule has 1 aliphatic rings. The Hall–Kier alpha value is -3.52. The van der Waals surface area contributed by atoms with E-state index in [0.29, 0.717) is 28.5 Å². The largest absolute Gasteiger partial charge is 0.497 e. The maximum absolute atomic E-state index is 13.4. The number of amides is 2. The predicted octanol–water partition coefficient (Wildman–Crippen LogP) is 4.11. The molecule has 1 N–H and O–H groups in total. The van der Waals surface area contributed by atoms with Crippen LogP contribution in [0.4, 0.5) is 5.69 Å². The third-order valence-corrected chi connectivity index (χ3v) is 5.07. The predicted molar refractivity (Wildman–Crippen MR) is 130 cm³/mol. The van der Waals surface area contributed by atoms with Crippen LogP contribution in [0.2, 0.25) is 0 Å². The van der Waals surface area contributed by atoms with Crippen molar-refractivity contribution in [1.82, 2.24) is 4.90 Å². The third kappa shape index (κ3) is 5.88. The van der Waals surface area contributed by atoms with Gasteiger partial charge in [0.05, 0.1) is 45.2 Å². The highest BCUT2D eigenvalue weighted by Gasteiger charge is 2.39. The summed E-state index contributed by atoms with van der Waals surface area (Å²) in [6.07, 6.45) is 0.0204. The number of anilines is 1. The lowest BCUT2D eigenvalue weighted by molar-refractivity contribution is -0.137. The number of imide groups is 1. The Bertz CT molecular complexity index is 1040. The number of ether oxygens (including phenoxy) is 4. The zero-order valence-corrected chi connectivity index (χ0v) is 20.5. The van der Waals surface area contributed by atoms with Crippen LogP contribution in [0.25, 0.3) is 5.57 Å². The molecular formula is C26H32N2O6. The fourth-order valence-electron chi connectivity index (χ4n) is 3.54. The van der Waals surface area contributed by atoms with Gasteiger partial charge in [0.25, 0.3) is 11.8 Å². The van der Waals surface area contributed by atoms with Gasteiger partial charge in [-0.05, 0) is 45.4 Å². The second kappa shape index (κ2) is 11.1. The molecule has 2 aromatic carbocycles. The van der Waals surface area contributed by atoms with Crippen molar-refractivity contribution in [2.75, 3.05) is 32.7 Å². The molecule has 0 saturated heterocycles. The molecule has 34 heavy (non-hydrogen) atoms. The Morgan fingerprint density at radius 2 is 1.44 bits per heavy atom. The zero-order valence-electron chi connectivity index (χ0n) is 20.5. The van der Waals surface area contributed by atoms with Crippen LogP contribution in [0.3, 0.4) is 0 Å². The summed E-state index contributed by atoms with van der Waals surface area (Å²) in [7, 11) is 3.09. The fraction of sp³-hybridized carbons (Fsp3) is 0.385. The molecule has 1 heterocycles. The van der Waals surface area contributed by atoms with Gasteiger partial charge in [-0.25, -0.2) is 0 Å². The van der Waals surface area contributed by atoms with E-state index in [1.54, 1.807) is 56.7 Å². The van der Waals surface area contributed by atoms with Crippen molar-refractivity contribution in [2.24, 2.45) is 0 Å². The second-order valence-corrected chi connectivity index (χ2v) is 8.35. The molecule has 2 aromatic rings. The lowest BCUT2D eigenvalue weighted by atomic mass is 10.0. The van der Waals surface area contributed by atoms with E-state index < -0.39 is 5.91 Å². The Morgan fingerprint density at radius 3 is 1.97 bits per heavy atom. The van der Waals surface area contributed by atoms with Crippen molar-refractivity contribution >= 4 is 23.1 Å². The SMILES string of the molecule is COc1cc(NC2=C(c3ccc(OC(C)C)cc3)C(=O)N(CCOC(C)C)C2=O)cc(OC)c1. The van der Waals surface area contributed by atoms with Gasteiger partial charge in [-0.1, -0.05) is 12.1 Å². The number of rotatable bonds is 11. The first-order chi connectivity index (χ1) is 16.2. The van der Waals surface area contributed by atoms with Crippen molar-refractivity contribution < 1.29 is 28.5 Å². The maximum Gasteiger partial charge on any atom is 0.278 e. The van der Waals surface area contributed by atoms with Gasteiger partial charge in [-0.15, -0.1) is 0 Å². The molecule has 0 radical (unpaired) electrons. The normalized spacial score (nSPS) is 13.8. The average molecular weight is 469 g/mol. The highest BCUT2D eigenvalue weighted by molar-refractivity contribution is 6.36. The molecule has 0 bridgehead atoms. The van der Waals surface area contributed by atoms with Gasteiger partial charge in [0.1, 0.15) is 22.9 Å². The average Bonchev–Trinajstić information content (AvgIpc) is 3.03. The molecule has 0 aliphatic carbocycles. The van der Waals surface area contributed by atoms with E-state index in [9.17, 15) is 9.59 Å². The first-order valence-electron chi connectivity index (χ1n) is 11.2. The zero-order chi connectivity index (χ0) is 24.8. The summed E-state index contributed by atoms with van der Waals surface area (Å²) in [5.41, 5.74) is 1.64. The van der Waals surface area contributed by atoms with Gasteiger partial charge in [0.15, 0.2) is 0 Å². The summed E-state index contributed by atoms with van der Waals surface area (Å²) < 4.78 is 22.0. The van der Waals surface area contributed by atoms with E-state index in [-0.39, 0.29) is 42.5 Å². The van der Waals surface area contributed by atoms with Crippen molar-refractivity contribution in [3.8, 4) is 17.2 Å². The van der Waals surface area contributed by atoms with E-state index in [1.165, 1.54) is 4.90 Å². The number of hydrogen-bond donors (Lipinski definition) is 1. The maximum atomic E-state index is 13.4. The Balaban J connectivity index is 1.99. The summed E-state index contributed by atoms with van der Waals surface area (Å²) in [6, 6.07) is 12.3. The Kier molecular flexibility index (Phi) is 8.17. The number of methoxy groups -OCH3 is 2. The van der Waals surface area contributed by atoms with Crippen LogP contribution >= 0.6 is 0 Å². The quantitative estimate of drug-likeness (QED) is 0.497. The summed E-state index contributed by atoms with van der Waals surface area (Å²) in [6.45, 7) is 8.10. The molecule has 0 spiro atoms. The van der Waals surface area contributed by atoms with E-state index in [0.717, 1.165) is 0 Å². The van der Waals surface area contributed by atoms with Crippen LogP contribution in [0, 0.1) is 0 Å². The van der Waals surface area contributed by atoms with Gasteiger partial charge in [-0.3, -0.25) is 14.5 Å². The van der Waals surface area contributed by atoms with Crippen LogP contribution in [0.1, 0.15) is 33.3 Å². The minimum atomic E-state index is -0.420. The van der Waals surface area contributed by atoms with Gasteiger partial charge in [-0.2, -0.15) is 0 Å². The molecule has 8 nitrogen and oxygen atoms in total.